The van der Waals surface area contributed by atoms with Crippen molar-refractivity contribution in [2.45, 2.75) is 26.8 Å². The van der Waals surface area contributed by atoms with Gasteiger partial charge in [-0.2, -0.15) is 0 Å². The molecule has 0 spiro atoms. The lowest BCUT2D eigenvalue weighted by Gasteiger charge is -2.21. The van der Waals surface area contributed by atoms with Gasteiger partial charge in [0, 0.05) is 19.1 Å². The summed E-state index contributed by atoms with van der Waals surface area (Å²) in [5, 5.41) is 14.0. The normalized spacial score (nSPS) is 14.2. The van der Waals surface area contributed by atoms with Gasteiger partial charge in [-0.1, -0.05) is 5.16 Å². The van der Waals surface area contributed by atoms with E-state index in [0.717, 1.165) is 6.54 Å². The van der Waals surface area contributed by atoms with Crippen LogP contribution in [0, 0.1) is 5.92 Å². The predicted molar refractivity (Wildman–Crippen MR) is 63.3 cm³/mol. The molecule has 16 heavy (non-hydrogen) atoms. The highest BCUT2D eigenvalue weighted by atomic mass is 16.4. The molecule has 0 aromatic heterocycles. The maximum atomic E-state index is 11.5. The number of hydrogen-bond donors (Lipinski definition) is 3. The van der Waals surface area contributed by atoms with Crippen molar-refractivity contribution < 1.29 is 10.0 Å². The summed E-state index contributed by atoms with van der Waals surface area (Å²) in [6.07, 6.45) is 0. The second-order valence-corrected chi connectivity index (χ2v) is 4.11. The maximum Gasteiger partial charge on any atom is 0.230 e. The molecule has 94 valence electrons. The summed E-state index contributed by atoms with van der Waals surface area (Å²) in [4.78, 5) is 13.6. The van der Waals surface area contributed by atoms with Crippen LogP contribution in [0.1, 0.15) is 20.8 Å². The summed E-state index contributed by atoms with van der Waals surface area (Å²) in [5.74, 6) is -0.906. The minimum atomic E-state index is -0.602. The molecule has 1 unspecified atom stereocenters. The Morgan fingerprint density at radius 2 is 2.06 bits per heavy atom. The number of nitrogens with zero attached hydrogens (tertiary/aromatic N) is 2. The SMILES string of the molecule is CC(C(=O)NCCN(C)C(C)C)C(N)=NO. The molecule has 0 radical (unpaired) electrons. The fourth-order valence-corrected chi connectivity index (χ4v) is 0.988. The Hall–Kier alpha value is -1.30. The molecule has 0 rings (SSSR count). The van der Waals surface area contributed by atoms with Crippen molar-refractivity contribution in [1.82, 2.24) is 10.2 Å². The van der Waals surface area contributed by atoms with Crippen LogP contribution in [0.5, 0.6) is 0 Å². The fraction of sp³-hybridized carbons (Fsp3) is 0.800. The summed E-state index contributed by atoms with van der Waals surface area (Å²) in [7, 11) is 1.99. The topological polar surface area (TPSA) is 91.0 Å². The first-order valence-electron chi connectivity index (χ1n) is 5.35. The Morgan fingerprint density at radius 3 is 2.50 bits per heavy atom. The first kappa shape index (κ1) is 14.7. The second-order valence-electron chi connectivity index (χ2n) is 4.11. The molecule has 6 nitrogen and oxygen atoms in total. The van der Waals surface area contributed by atoms with Gasteiger partial charge in [0.2, 0.25) is 5.91 Å². The van der Waals surface area contributed by atoms with Crippen molar-refractivity contribution in [1.29, 1.82) is 0 Å². The molecule has 1 amide bonds. The van der Waals surface area contributed by atoms with Crippen LogP contribution in [0.2, 0.25) is 0 Å². The minimum Gasteiger partial charge on any atom is -0.409 e. The number of hydrogen-bond acceptors (Lipinski definition) is 4. The molecule has 0 saturated heterocycles. The number of nitrogens with two attached hydrogens (primary N) is 1. The largest absolute Gasteiger partial charge is 0.409 e. The average Bonchev–Trinajstić information content (AvgIpc) is 2.26. The van der Waals surface area contributed by atoms with E-state index in [4.69, 9.17) is 10.9 Å². The molecule has 0 aromatic carbocycles. The van der Waals surface area contributed by atoms with Crippen molar-refractivity contribution >= 4 is 11.7 Å². The lowest BCUT2D eigenvalue weighted by molar-refractivity contribution is -0.122. The summed E-state index contributed by atoms with van der Waals surface area (Å²) < 4.78 is 0. The Bertz CT molecular complexity index is 253. The summed E-state index contributed by atoms with van der Waals surface area (Å²) >= 11 is 0. The van der Waals surface area contributed by atoms with Crippen LogP contribution in [0.25, 0.3) is 0 Å². The number of oxime groups is 1. The molecule has 0 aliphatic heterocycles. The van der Waals surface area contributed by atoms with Gasteiger partial charge in [0.05, 0.1) is 5.92 Å². The quantitative estimate of drug-likeness (QED) is 0.256. The van der Waals surface area contributed by atoms with Gasteiger partial charge in [-0.15, -0.1) is 0 Å². The molecule has 0 fully saturated rings. The van der Waals surface area contributed by atoms with Crippen molar-refractivity contribution in [3.8, 4) is 0 Å². The first-order valence-corrected chi connectivity index (χ1v) is 5.35. The number of carbonyl (C=O) groups excluding carboxylic acids is 1. The van der Waals surface area contributed by atoms with Crippen LogP contribution in [0.4, 0.5) is 0 Å². The Morgan fingerprint density at radius 1 is 1.50 bits per heavy atom. The van der Waals surface area contributed by atoms with Gasteiger partial charge in [0.15, 0.2) is 5.84 Å². The highest BCUT2D eigenvalue weighted by Crippen LogP contribution is 1.95. The standard InChI is InChI=1S/C10H22N4O2/c1-7(2)14(4)6-5-12-10(15)8(3)9(11)13-16/h7-8,16H,5-6H2,1-4H3,(H2,11,13)(H,12,15). The van der Waals surface area contributed by atoms with E-state index in [1.165, 1.54) is 0 Å². The zero-order valence-electron chi connectivity index (χ0n) is 10.4. The lowest BCUT2D eigenvalue weighted by atomic mass is 10.1. The molecule has 0 bridgehead atoms. The van der Waals surface area contributed by atoms with Gasteiger partial charge in [-0.25, -0.2) is 0 Å². The van der Waals surface area contributed by atoms with Crippen molar-refractivity contribution in [2.75, 3.05) is 20.1 Å². The van der Waals surface area contributed by atoms with E-state index in [2.05, 4.69) is 29.2 Å². The molecule has 0 aromatic rings. The van der Waals surface area contributed by atoms with Gasteiger partial charge in [-0.05, 0) is 27.8 Å². The molecule has 0 saturated carbocycles. The van der Waals surface area contributed by atoms with Gasteiger partial charge in [0.1, 0.15) is 0 Å². The van der Waals surface area contributed by atoms with Crippen LogP contribution < -0.4 is 11.1 Å². The van der Waals surface area contributed by atoms with Crippen LogP contribution in [-0.2, 0) is 4.79 Å². The molecular weight excluding hydrogens is 208 g/mol. The number of amides is 1. The number of carbonyl (C=O) groups is 1. The number of likely N-dealkylation sites (N-methyl/N-ethyl adjacent to an activating group) is 1. The van der Waals surface area contributed by atoms with E-state index in [1.54, 1.807) is 6.92 Å². The monoisotopic (exact) mass is 230 g/mol. The zero-order valence-corrected chi connectivity index (χ0v) is 10.4. The third-order valence-electron chi connectivity index (χ3n) is 2.60. The maximum absolute atomic E-state index is 11.5. The molecular formula is C10H22N4O2. The summed E-state index contributed by atoms with van der Waals surface area (Å²) in [6, 6.07) is 0.443. The Balaban J connectivity index is 3.91. The van der Waals surface area contributed by atoms with Crippen LogP contribution >= 0.6 is 0 Å². The van der Waals surface area contributed by atoms with E-state index < -0.39 is 5.92 Å². The summed E-state index contributed by atoms with van der Waals surface area (Å²) in [6.45, 7) is 7.08. The molecule has 0 aliphatic rings. The fourth-order valence-electron chi connectivity index (χ4n) is 0.988. The van der Waals surface area contributed by atoms with Crippen molar-refractivity contribution in [2.24, 2.45) is 16.8 Å². The zero-order chi connectivity index (χ0) is 12.7. The predicted octanol–water partition coefficient (Wildman–Crippen LogP) is -0.175. The lowest BCUT2D eigenvalue weighted by Crippen LogP contribution is -2.41. The molecule has 0 aliphatic carbocycles. The minimum absolute atomic E-state index is 0.0743. The van der Waals surface area contributed by atoms with Crippen molar-refractivity contribution in [3.05, 3.63) is 0 Å². The number of rotatable bonds is 6. The van der Waals surface area contributed by atoms with Crippen molar-refractivity contribution in [3.63, 3.8) is 0 Å². The molecule has 4 N–H and O–H groups in total. The smallest absolute Gasteiger partial charge is 0.230 e. The van der Waals surface area contributed by atoms with Gasteiger partial charge < -0.3 is 21.2 Å². The van der Waals surface area contributed by atoms with E-state index in [9.17, 15) is 4.79 Å². The third-order valence-corrected chi connectivity index (χ3v) is 2.60. The van der Waals surface area contributed by atoms with E-state index in [-0.39, 0.29) is 11.7 Å². The van der Waals surface area contributed by atoms with Crippen LogP contribution in [-0.4, -0.2) is 48.0 Å². The first-order chi connectivity index (χ1) is 7.40. The van der Waals surface area contributed by atoms with E-state index >= 15 is 0 Å². The third kappa shape index (κ3) is 4.97. The van der Waals surface area contributed by atoms with E-state index in [1.807, 2.05) is 7.05 Å². The molecule has 1 atom stereocenters. The molecule has 0 heterocycles. The highest BCUT2D eigenvalue weighted by molar-refractivity contribution is 6.01. The van der Waals surface area contributed by atoms with Gasteiger partial charge >= 0.3 is 0 Å². The number of amidine groups is 1. The van der Waals surface area contributed by atoms with Crippen LogP contribution in [0.15, 0.2) is 5.16 Å². The Labute approximate surface area is 96.5 Å². The van der Waals surface area contributed by atoms with Gasteiger partial charge in [0.25, 0.3) is 0 Å². The second kappa shape index (κ2) is 7.05. The van der Waals surface area contributed by atoms with E-state index in [0.29, 0.717) is 12.6 Å². The highest BCUT2D eigenvalue weighted by Gasteiger charge is 2.16. The summed E-state index contributed by atoms with van der Waals surface area (Å²) in [5.41, 5.74) is 5.33. The molecule has 6 heteroatoms. The van der Waals surface area contributed by atoms with Gasteiger partial charge in [-0.3, -0.25) is 4.79 Å². The number of nitrogens with one attached hydrogen (secondary N) is 1. The average molecular weight is 230 g/mol. The van der Waals surface area contributed by atoms with Crippen LogP contribution in [0.3, 0.4) is 0 Å². The Kier molecular flexibility index (Phi) is 6.48.